The van der Waals surface area contributed by atoms with Gasteiger partial charge >= 0.3 is 5.97 Å². The van der Waals surface area contributed by atoms with Gasteiger partial charge in [0.1, 0.15) is 0 Å². The summed E-state index contributed by atoms with van der Waals surface area (Å²) in [6.07, 6.45) is 0.116. The number of rotatable bonds is 6. The molecule has 126 valence electrons. The van der Waals surface area contributed by atoms with E-state index in [1.807, 2.05) is 0 Å². The molecule has 0 bridgehead atoms. The molecule has 1 unspecified atom stereocenters. The Morgan fingerprint density at radius 1 is 1.38 bits per heavy atom. The number of carboxylic acid groups (broad SMARTS) is 1. The lowest BCUT2D eigenvalue weighted by Gasteiger charge is -2.13. The van der Waals surface area contributed by atoms with Crippen molar-refractivity contribution in [3.05, 3.63) is 50.3 Å². The van der Waals surface area contributed by atoms with Gasteiger partial charge in [-0.05, 0) is 19.4 Å². The Morgan fingerprint density at radius 3 is 2.71 bits per heavy atom. The lowest BCUT2D eigenvalue weighted by molar-refractivity contribution is -0.384. The summed E-state index contributed by atoms with van der Waals surface area (Å²) in [5.74, 6) is -1.57. The number of amides is 1. The number of nitro benzene ring substituents is 1. The van der Waals surface area contributed by atoms with E-state index < -0.39 is 28.4 Å². The third-order valence-corrected chi connectivity index (χ3v) is 3.45. The first-order chi connectivity index (χ1) is 11.3. The van der Waals surface area contributed by atoms with E-state index in [-0.39, 0.29) is 29.5 Å². The molecule has 1 aromatic carbocycles. The summed E-state index contributed by atoms with van der Waals surface area (Å²) in [6.45, 7) is 1.64. The van der Waals surface area contributed by atoms with Crippen molar-refractivity contribution in [2.75, 3.05) is 0 Å². The average Bonchev–Trinajstić information content (AvgIpc) is 2.51. The number of aromatic nitrogens is 1. The van der Waals surface area contributed by atoms with Gasteiger partial charge in [0.2, 0.25) is 5.56 Å². The maximum atomic E-state index is 12.4. The molecule has 1 amide bonds. The van der Waals surface area contributed by atoms with E-state index in [4.69, 9.17) is 5.11 Å². The van der Waals surface area contributed by atoms with E-state index in [0.717, 1.165) is 6.07 Å². The van der Waals surface area contributed by atoms with Gasteiger partial charge in [-0.25, -0.2) is 0 Å². The van der Waals surface area contributed by atoms with Crippen LogP contribution in [0.5, 0.6) is 0 Å². The minimum atomic E-state index is -0.978. The van der Waals surface area contributed by atoms with Crippen molar-refractivity contribution in [2.24, 2.45) is 0 Å². The number of carboxylic acids is 1. The number of hydrogen-bond acceptors (Lipinski definition) is 5. The van der Waals surface area contributed by atoms with E-state index in [0.29, 0.717) is 5.52 Å². The van der Waals surface area contributed by atoms with Crippen LogP contribution in [0.2, 0.25) is 0 Å². The second-order valence-corrected chi connectivity index (χ2v) is 5.34. The van der Waals surface area contributed by atoms with E-state index in [1.165, 1.54) is 18.2 Å². The lowest BCUT2D eigenvalue weighted by Crippen LogP contribution is -2.33. The predicted molar refractivity (Wildman–Crippen MR) is 85.0 cm³/mol. The number of fused-ring (bicyclic) bond motifs is 1. The van der Waals surface area contributed by atoms with Gasteiger partial charge in [-0.2, -0.15) is 0 Å². The van der Waals surface area contributed by atoms with E-state index in [9.17, 15) is 24.5 Å². The molecule has 3 N–H and O–H groups in total. The minimum absolute atomic E-state index is 0.000347. The summed E-state index contributed by atoms with van der Waals surface area (Å²) in [5.41, 5.74) is -0.418. The molecular weight excluding hydrogens is 318 g/mol. The summed E-state index contributed by atoms with van der Waals surface area (Å²) in [5, 5.41) is 22.4. The Labute approximate surface area is 135 Å². The van der Waals surface area contributed by atoms with Crippen LogP contribution < -0.4 is 10.9 Å². The molecule has 1 atom stereocenters. The number of benzene rings is 1. The lowest BCUT2D eigenvalue weighted by atomic mass is 10.1. The Morgan fingerprint density at radius 2 is 2.08 bits per heavy atom. The van der Waals surface area contributed by atoms with Gasteiger partial charge in [0.15, 0.2) is 0 Å². The van der Waals surface area contributed by atoms with Crippen LogP contribution in [-0.2, 0) is 4.79 Å². The number of nitro groups is 1. The van der Waals surface area contributed by atoms with Gasteiger partial charge < -0.3 is 15.4 Å². The van der Waals surface area contributed by atoms with E-state index >= 15 is 0 Å². The van der Waals surface area contributed by atoms with Gasteiger partial charge in [0.25, 0.3) is 11.6 Å². The summed E-state index contributed by atoms with van der Waals surface area (Å²) in [6, 6.07) is 4.43. The largest absolute Gasteiger partial charge is 0.481 e. The molecule has 0 saturated carbocycles. The van der Waals surface area contributed by atoms with Crippen molar-refractivity contribution in [1.82, 2.24) is 10.3 Å². The standard InChI is InChI=1S/C15H15N3O6/c1-8(2-5-14(20)21)16-15(22)11-7-13(19)17-12-4-3-9(18(23)24)6-10(11)12/h3-4,6-8H,2,5H2,1H3,(H,16,22)(H,17,19)(H,20,21). The molecule has 9 nitrogen and oxygen atoms in total. The van der Waals surface area contributed by atoms with Crippen LogP contribution >= 0.6 is 0 Å². The van der Waals surface area contributed by atoms with E-state index in [1.54, 1.807) is 6.92 Å². The molecule has 0 aliphatic rings. The Hall–Kier alpha value is -3.23. The third-order valence-electron chi connectivity index (χ3n) is 3.45. The molecule has 9 heteroatoms. The van der Waals surface area contributed by atoms with Crippen molar-refractivity contribution in [3.8, 4) is 0 Å². The summed E-state index contributed by atoms with van der Waals surface area (Å²) in [7, 11) is 0. The molecular formula is C15H15N3O6. The summed E-state index contributed by atoms with van der Waals surface area (Å²) in [4.78, 5) is 47.4. The summed E-state index contributed by atoms with van der Waals surface area (Å²) < 4.78 is 0. The SMILES string of the molecule is CC(CCC(=O)O)NC(=O)c1cc(=O)[nH]c2ccc([N+](=O)[O-])cc12. The Kier molecular flexibility index (Phi) is 4.93. The first kappa shape index (κ1) is 17.1. The highest BCUT2D eigenvalue weighted by Gasteiger charge is 2.17. The molecule has 0 spiro atoms. The number of carbonyl (C=O) groups excluding carboxylic acids is 1. The molecule has 1 aromatic heterocycles. The first-order valence-corrected chi connectivity index (χ1v) is 7.12. The molecule has 0 aliphatic carbocycles. The summed E-state index contributed by atoms with van der Waals surface area (Å²) >= 11 is 0. The molecule has 0 saturated heterocycles. The topological polar surface area (TPSA) is 142 Å². The second-order valence-electron chi connectivity index (χ2n) is 5.34. The highest BCUT2D eigenvalue weighted by atomic mass is 16.6. The van der Waals surface area contributed by atoms with Gasteiger partial charge in [-0.1, -0.05) is 0 Å². The second kappa shape index (κ2) is 6.90. The van der Waals surface area contributed by atoms with Crippen LogP contribution in [0.25, 0.3) is 10.9 Å². The number of aromatic amines is 1. The van der Waals surface area contributed by atoms with Crippen LogP contribution in [-0.4, -0.2) is 32.9 Å². The van der Waals surface area contributed by atoms with Crippen LogP contribution in [0.15, 0.2) is 29.1 Å². The van der Waals surface area contributed by atoms with Crippen molar-refractivity contribution < 1.29 is 19.6 Å². The Balaban J connectivity index is 2.37. The number of hydrogen-bond donors (Lipinski definition) is 3. The van der Waals surface area contributed by atoms with Crippen LogP contribution in [0.3, 0.4) is 0 Å². The van der Waals surface area contributed by atoms with Gasteiger partial charge in [0.05, 0.1) is 10.5 Å². The maximum absolute atomic E-state index is 12.4. The van der Waals surface area contributed by atoms with Crippen molar-refractivity contribution in [1.29, 1.82) is 0 Å². The van der Waals surface area contributed by atoms with Crippen molar-refractivity contribution in [3.63, 3.8) is 0 Å². The average molecular weight is 333 g/mol. The molecule has 1 heterocycles. The number of nitrogens with one attached hydrogen (secondary N) is 2. The molecule has 0 radical (unpaired) electrons. The number of non-ortho nitro benzene ring substituents is 1. The zero-order chi connectivity index (χ0) is 17.9. The molecule has 2 aromatic rings. The maximum Gasteiger partial charge on any atom is 0.303 e. The monoisotopic (exact) mass is 333 g/mol. The number of H-pyrrole nitrogens is 1. The third kappa shape index (κ3) is 3.94. The minimum Gasteiger partial charge on any atom is -0.481 e. The van der Waals surface area contributed by atoms with Crippen LogP contribution in [0.4, 0.5) is 5.69 Å². The smallest absolute Gasteiger partial charge is 0.303 e. The fourth-order valence-corrected chi connectivity index (χ4v) is 2.26. The van der Waals surface area contributed by atoms with E-state index in [2.05, 4.69) is 10.3 Å². The fraction of sp³-hybridized carbons (Fsp3) is 0.267. The first-order valence-electron chi connectivity index (χ1n) is 7.12. The molecule has 2 rings (SSSR count). The molecule has 0 fully saturated rings. The number of carbonyl (C=O) groups is 2. The normalized spacial score (nSPS) is 11.9. The Bertz CT molecular complexity index is 873. The number of aliphatic carboxylic acids is 1. The van der Waals surface area contributed by atoms with Crippen LogP contribution in [0.1, 0.15) is 30.1 Å². The predicted octanol–water partition coefficient (Wildman–Crippen LogP) is 1.42. The highest BCUT2D eigenvalue weighted by Crippen LogP contribution is 2.21. The zero-order valence-corrected chi connectivity index (χ0v) is 12.7. The van der Waals surface area contributed by atoms with Crippen molar-refractivity contribution in [2.45, 2.75) is 25.8 Å². The number of pyridine rings is 1. The quantitative estimate of drug-likeness (QED) is 0.539. The fourth-order valence-electron chi connectivity index (χ4n) is 2.26. The van der Waals surface area contributed by atoms with Crippen molar-refractivity contribution >= 4 is 28.5 Å². The molecule has 24 heavy (non-hydrogen) atoms. The van der Waals surface area contributed by atoms with Crippen LogP contribution in [0, 0.1) is 10.1 Å². The highest BCUT2D eigenvalue weighted by molar-refractivity contribution is 6.06. The zero-order valence-electron chi connectivity index (χ0n) is 12.7. The van der Waals surface area contributed by atoms with Gasteiger partial charge in [-0.3, -0.25) is 24.5 Å². The number of nitrogens with zero attached hydrogens (tertiary/aromatic N) is 1. The van der Waals surface area contributed by atoms with Gasteiger partial charge in [-0.15, -0.1) is 0 Å². The van der Waals surface area contributed by atoms with Gasteiger partial charge in [0, 0.05) is 41.6 Å². The molecule has 0 aliphatic heterocycles.